The molecule has 9 nitrogen and oxygen atoms in total. The van der Waals surface area contributed by atoms with Crippen molar-refractivity contribution in [2.75, 3.05) is 0 Å². The highest BCUT2D eigenvalue weighted by atomic mass is 16.2. The van der Waals surface area contributed by atoms with Crippen molar-refractivity contribution in [2.45, 2.75) is 25.4 Å². The monoisotopic (exact) mass is 440 g/mol. The van der Waals surface area contributed by atoms with Crippen molar-refractivity contribution in [3.63, 3.8) is 0 Å². The third kappa shape index (κ3) is 3.04. The van der Waals surface area contributed by atoms with Crippen molar-refractivity contribution in [3.05, 3.63) is 66.4 Å². The van der Waals surface area contributed by atoms with Gasteiger partial charge in [0.1, 0.15) is 11.7 Å². The number of carbonyl (C=O) groups is 3. The van der Waals surface area contributed by atoms with Gasteiger partial charge in [-0.1, -0.05) is 6.07 Å². The van der Waals surface area contributed by atoms with Crippen LogP contribution in [0.1, 0.15) is 28.8 Å². The molecule has 6 rings (SSSR count). The lowest BCUT2D eigenvalue weighted by molar-refractivity contribution is -0.136. The SMILES string of the molecule is Cn1cnc(-c2ccc3c(c2)CN([C@H]2CCC(=O)NC2=O)C3=O)c1-c1ccc2nccn2c1. The van der Waals surface area contributed by atoms with Gasteiger partial charge in [-0.2, -0.15) is 0 Å². The number of aryl methyl sites for hydroxylation is 1. The van der Waals surface area contributed by atoms with Crippen LogP contribution in [0.5, 0.6) is 0 Å². The number of pyridine rings is 1. The molecule has 4 aromatic rings. The average Bonchev–Trinajstić information content (AvgIpc) is 3.50. The van der Waals surface area contributed by atoms with E-state index >= 15 is 0 Å². The number of amides is 3. The van der Waals surface area contributed by atoms with Gasteiger partial charge in [0.2, 0.25) is 11.8 Å². The van der Waals surface area contributed by atoms with Gasteiger partial charge >= 0.3 is 0 Å². The third-order valence-corrected chi connectivity index (χ3v) is 6.40. The zero-order valence-corrected chi connectivity index (χ0v) is 17.9. The van der Waals surface area contributed by atoms with Crippen LogP contribution in [0.25, 0.3) is 28.2 Å². The summed E-state index contributed by atoms with van der Waals surface area (Å²) < 4.78 is 3.94. The lowest BCUT2D eigenvalue weighted by Crippen LogP contribution is -2.52. The second-order valence-electron chi connectivity index (χ2n) is 8.44. The van der Waals surface area contributed by atoms with Gasteiger partial charge in [0.05, 0.1) is 17.7 Å². The zero-order valence-electron chi connectivity index (χ0n) is 17.9. The molecule has 3 amide bonds. The van der Waals surface area contributed by atoms with Crippen LogP contribution in [0, 0.1) is 0 Å². The number of imide groups is 1. The highest BCUT2D eigenvalue weighted by Gasteiger charge is 2.39. The van der Waals surface area contributed by atoms with E-state index in [0.29, 0.717) is 18.5 Å². The van der Waals surface area contributed by atoms with Crippen molar-refractivity contribution < 1.29 is 14.4 Å². The predicted molar refractivity (Wildman–Crippen MR) is 119 cm³/mol. The Labute approximate surface area is 188 Å². The summed E-state index contributed by atoms with van der Waals surface area (Å²) >= 11 is 0. The fourth-order valence-corrected chi connectivity index (χ4v) is 4.76. The maximum Gasteiger partial charge on any atom is 0.255 e. The fourth-order valence-electron chi connectivity index (χ4n) is 4.76. The van der Waals surface area contributed by atoms with E-state index in [1.807, 2.05) is 52.7 Å². The van der Waals surface area contributed by atoms with Crippen LogP contribution in [0.15, 0.2) is 55.2 Å². The summed E-state index contributed by atoms with van der Waals surface area (Å²) in [6.07, 6.45) is 8.04. The Bertz CT molecular complexity index is 1470. The van der Waals surface area contributed by atoms with Gasteiger partial charge in [0, 0.05) is 55.3 Å². The summed E-state index contributed by atoms with van der Waals surface area (Å²) in [7, 11) is 1.95. The van der Waals surface area contributed by atoms with Gasteiger partial charge < -0.3 is 13.9 Å². The normalized spacial score (nSPS) is 18.2. The molecule has 1 atom stereocenters. The van der Waals surface area contributed by atoms with Gasteiger partial charge in [0.25, 0.3) is 5.91 Å². The Morgan fingerprint density at radius 1 is 1.06 bits per heavy atom. The standard InChI is InChI=1S/C24H20N6O3/c1-28-13-26-21(22(28)15-3-6-19-25-8-9-29(19)11-15)14-2-4-17-16(10-14)12-30(24(17)33)18-5-7-20(31)27-23(18)32/h2-4,6,8-11,13,18H,5,7,12H2,1H3,(H,27,31,32)/t18-/m0/s1. The van der Waals surface area contributed by atoms with Gasteiger partial charge in [-0.3, -0.25) is 19.7 Å². The van der Waals surface area contributed by atoms with E-state index in [4.69, 9.17) is 0 Å². The van der Waals surface area contributed by atoms with E-state index < -0.39 is 11.9 Å². The molecule has 9 heteroatoms. The number of nitrogens with zero attached hydrogens (tertiary/aromatic N) is 5. The highest BCUT2D eigenvalue weighted by Crippen LogP contribution is 2.35. The molecule has 0 saturated carbocycles. The summed E-state index contributed by atoms with van der Waals surface area (Å²) in [6, 6.07) is 9.03. The Hall–Kier alpha value is -4.27. The number of carbonyl (C=O) groups excluding carboxylic acids is 3. The molecule has 0 aliphatic carbocycles. The quantitative estimate of drug-likeness (QED) is 0.492. The maximum atomic E-state index is 13.0. The Kier molecular flexibility index (Phi) is 4.19. The van der Waals surface area contributed by atoms with Crippen LogP contribution in [0.3, 0.4) is 0 Å². The minimum Gasteiger partial charge on any atom is -0.333 e. The van der Waals surface area contributed by atoms with Gasteiger partial charge in [-0.25, -0.2) is 9.97 Å². The molecule has 1 aromatic carbocycles. The van der Waals surface area contributed by atoms with E-state index in [1.165, 1.54) is 0 Å². The smallest absolute Gasteiger partial charge is 0.255 e. The van der Waals surface area contributed by atoms with Crippen molar-refractivity contribution in [1.29, 1.82) is 0 Å². The highest BCUT2D eigenvalue weighted by molar-refractivity contribution is 6.05. The molecule has 1 fully saturated rings. The molecule has 1 saturated heterocycles. The van der Waals surface area contributed by atoms with Crippen LogP contribution in [-0.2, 0) is 23.2 Å². The Morgan fingerprint density at radius 3 is 2.76 bits per heavy atom. The number of rotatable bonds is 3. The molecule has 1 N–H and O–H groups in total. The fraction of sp³-hybridized carbons (Fsp3) is 0.208. The van der Waals surface area contributed by atoms with E-state index in [-0.39, 0.29) is 18.2 Å². The van der Waals surface area contributed by atoms with Crippen LogP contribution in [0.4, 0.5) is 0 Å². The van der Waals surface area contributed by atoms with Crippen molar-refractivity contribution >= 4 is 23.4 Å². The second-order valence-corrected chi connectivity index (χ2v) is 8.44. The molecule has 164 valence electrons. The van der Waals surface area contributed by atoms with E-state index in [0.717, 1.165) is 33.7 Å². The van der Waals surface area contributed by atoms with E-state index in [9.17, 15) is 14.4 Å². The molecule has 0 bridgehead atoms. The summed E-state index contributed by atoms with van der Waals surface area (Å²) in [4.78, 5) is 47.3. The van der Waals surface area contributed by atoms with Crippen LogP contribution >= 0.6 is 0 Å². The van der Waals surface area contributed by atoms with Crippen LogP contribution in [-0.4, -0.2) is 47.6 Å². The first-order valence-electron chi connectivity index (χ1n) is 10.7. The van der Waals surface area contributed by atoms with Crippen molar-refractivity contribution in [3.8, 4) is 22.5 Å². The molecule has 0 unspecified atom stereocenters. The summed E-state index contributed by atoms with van der Waals surface area (Å²) in [5, 5.41) is 2.34. The van der Waals surface area contributed by atoms with Crippen LogP contribution < -0.4 is 5.32 Å². The maximum absolute atomic E-state index is 13.0. The molecular formula is C24H20N6O3. The topological polar surface area (TPSA) is 102 Å². The largest absolute Gasteiger partial charge is 0.333 e. The zero-order chi connectivity index (χ0) is 22.7. The molecule has 2 aliphatic heterocycles. The average molecular weight is 440 g/mol. The molecule has 0 radical (unpaired) electrons. The minimum atomic E-state index is -0.627. The van der Waals surface area contributed by atoms with Gasteiger partial charge in [0.15, 0.2) is 0 Å². The second kappa shape index (κ2) is 7.13. The van der Waals surface area contributed by atoms with Gasteiger partial charge in [-0.05, 0) is 36.2 Å². The first kappa shape index (κ1) is 19.4. The van der Waals surface area contributed by atoms with E-state index in [2.05, 4.69) is 15.3 Å². The molecule has 33 heavy (non-hydrogen) atoms. The number of imidazole rings is 2. The molecule has 2 aliphatic rings. The number of fused-ring (bicyclic) bond motifs is 2. The lowest BCUT2D eigenvalue weighted by atomic mass is 10.0. The number of hydrogen-bond acceptors (Lipinski definition) is 5. The molecular weight excluding hydrogens is 420 g/mol. The van der Waals surface area contributed by atoms with E-state index in [1.54, 1.807) is 23.5 Å². The first-order valence-corrected chi connectivity index (χ1v) is 10.7. The number of nitrogens with one attached hydrogen (secondary N) is 1. The Morgan fingerprint density at radius 2 is 1.91 bits per heavy atom. The number of benzene rings is 1. The third-order valence-electron chi connectivity index (χ3n) is 6.40. The van der Waals surface area contributed by atoms with Crippen molar-refractivity contribution in [1.82, 2.24) is 29.2 Å². The van der Waals surface area contributed by atoms with Gasteiger partial charge in [-0.15, -0.1) is 0 Å². The number of piperidine rings is 1. The summed E-state index contributed by atoms with van der Waals surface area (Å²) in [6.45, 7) is 0.331. The lowest BCUT2D eigenvalue weighted by Gasteiger charge is -2.29. The molecule has 0 spiro atoms. The van der Waals surface area contributed by atoms with Crippen molar-refractivity contribution in [2.24, 2.45) is 7.05 Å². The predicted octanol–water partition coefficient (Wildman–Crippen LogP) is 2.16. The first-order chi connectivity index (χ1) is 16.0. The number of aromatic nitrogens is 4. The molecule has 5 heterocycles. The minimum absolute atomic E-state index is 0.183. The summed E-state index contributed by atoms with van der Waals surface area (Å²) in [5.41, 5.74) is 5.96. The Balaban J connectivity index is 1.36. The number of hydrogen-bond donors (Lipinski definition) is 1. The molecule has 3 aromatic heterocycles. The van der Waals surface area contributed by atoms with Crippen LogP contribution in [0.2, 0.25) is 0 Å². The summed E-state index contributed by atoms with van der Waals surface area (Å²) in [5.74, 6) is -0.883.